The second kappa shape index (κ2) is 9.84. The van der Waals surface area contributed by atoms with Crippen molar-refractivity contribution in [2.45, 2.75) is 16.0 Å². The monoisotopic (exact) mass is 550 g/mol. The number of nitrogens with one attached hydrogen (secondary N) is 2. The molecule has 0 atom stereocenters. The van der Waals surface area contributed by atoms with Gasteiger partial charge in [0.15, 0.2) is 11.5 Å². The summed E-state index contributed by atoms with van der Waals surface area (Å²) in [6, 6.07) is 11.1. The summed E-state index contributed by atoms with van der Waals surface area (Å²) < 4.78 is 104. The van der Waals surface area contributed by atoms with E-state index in [1.54, 1.807) is 0 Å². The lowest BCUT2D eigenvalue weighted by Gasteiger charge is -2.14. The lowest BCUT2D eigenvalue weighted by molar-refractivity contribution is -0.137. The number of benzene rings is 3. The van der Waals surface area contributed by atoms with Crippen molar-refractivity contribution in [2.24, 2.45) is 0 Å². The maximum absolute atomic E-state index is 13.0. The van der Waals surface area contributed by atoms with Crippen LogP contribution in [0.2, 0.25) is 5.02 Å². The number of ether oxygens (including phenoxy) is 2. The van der Waals surface area contributed by atoms with Crippen LogP contribution in [0, 0.1) is 0 Å². The number of anilines is 2. The highest BCUT2D eigenvalue weighted by Crippen LogP contribution is 2.36. The predicted octanol–water partition coefficient (Wildman–Crippen LogP) is 4.98. The smallest absolute Gasteiger partial charge is 0.417 e. The van der Waals surface area contributed by atoms with Crippen LogP contribution in [0.25, 0.3) is 0 Å². The Morgan fingerprint density at radius 3 is 1.80 bits per heavy atom. The van der Waals surface area contributed by atoms with E-state index < -0.39 is 36.8 Å². The molecule has 0 unspecified atom stereocenters. The third kappa shape index (κ3) is 6.10. The Balaban J connectivity index is 1.81. The Morgan fingerprint density at radius 2 is 1.23 bits per heavy atom. The topological polar surface area (TPSA) is 111 Å². The lowest BCUT2D eigenvalue weighted by Crippen LogP contribution is -2.15. The van der Waals surface area contributed by atoms with Crippen molar-refractivity contribution in [1.29, 1.82) is 0 Å². The van der Waals surface area contributed by atoms with Crippen LogP contribution in [-0.2, 0) is 26.2 Å². The molecule has 0 heterocycles. The molecule has 3 aromatic carbocycles. The molecule has 0 aliphatic carbocycles. The average molecular weight is 551 g/mol. The lowest BCUT2D eigenvalue weighted by atomic mass is 10.2. The minimum atomic E-state index is -4.77. The molecule has 0 aliphatic rings. The van der Waals surface area contributed by atoms with Crippen molar-refractivity contribution in [3.05, 3.63) is 71.2 Å². The van der Waals surface area contributed by atoms with Crippen LogP contribution in [0.4, 0.5) is 24.5 Å². The van der Waals surface area contributed by atoms with E-state index >= 15 is 0 Å². The van der Waals surface area contributed by atoms with E-state index in [1.165, 1.54) is 44.6 Å². The first-order valence-electron chi connectivity index (χ1n) is 9.51. The second-order valence-corrected chi connectivity index (χ2v) is 10.7. The highest BCUT2D eigenvalue weighted by Gasteiger charge is 2.33. The van der Waals surface area contributed by atoms with Crippen molar-refractivity contribution >= 4 is 43.0 Å². The third-order valence-electron chi connectivity index (χ3n) is 4.61. The molecule has 0 saturated heterocycles. The fourth-order valence-electron chi connectivity index (χ4n) is 2.92. The molecule has 3 rings (SSSR count). The molecule has 3 aromatic rings. The van der Waals surface area contributed by atoms with Crippen molar-refractivity contribution in [3.63, 3.8) is 0 Å². The maximum Gasteiger partial charge on any atom is 0.417 e. The first kappa shape index (κ1) is 26.4. The van der Waals surface area contributed by atoms with Gasteiger partial charge < -0.3 is 9.47 Å². The summed E-state index contributed by atoms with van der Waals surface area (Å²) in [4.78, 5) is -0.438. The Kier molecular flexibility index (Phi) is 7.43. The molecule has 35 heavy (non-hydrogen) atoms. The molecule has 0 aromatic heterocycles. The molecule has 0 saturated carbocycles. The number of hydrogen-bond acceptors (Lipinski definition) is 6. The van der Waals surface area contributed by atoms with Gasteiger partial charge >= 0.3 is 6.18 Å². The number of rotatable bonds is 8. The second-order valence-electron chi connectivity index (χ2n) is 6.94. The Morgan fingerprint density at radius 1 is 0.714 bits per heavy atom. The van der Waals surface area contributed by atoms with Crippen molar-refractivity contribution in [2.75, 3.05) is 23.7 Å². The molecule has 0 amide bonds. The predicted molar refractivity (Wildman–Crippen MR) is 124 cm³/mol. The zero-order valence-electron chi connectivity index (χ0n) is 18.1. The van der Waals surface area contributed by atoms with Gasteiger partial charge in [-0.1, -0.05) is 11.6 Å². The first-order valence-corrected chi connectivity index (χ1v) is 12.9. The normalized spacial score (nSPS) is 12.2. The van der Waals surface area contributed by atoms with Crippen LogP contribution >= 0.6 is 11.6 Å². The van der Waals surface area contributed by atoms with Crippen LogP contribution in [0.3, 0.4) is 0 Å². The molecule has 0 radical (unpaired) electrons. The van der Waals surface area contributed by atoms with E-state index in [0.717, 1.165) is 24.3 Å². The molecular weight excluding hydrogens is 533 g/mol. The molecule has 0 spiro atoms. The van der Waals surface area contributed by atoms with Crippen LogP contribution in [0.1, 0.15) is 5.56 Å². The minimum absolute atomic E-state index is 0.0459. The summed E-state index contributed by atoms with van der Waals surface area (Å²) in [5.74, 6) is 0.523. The summed E-state index contributed by atoms with van der Waals surface area (Å²) in [7, 11) is -5.60. The summed E-state index contributed by atoms with van der Waals surface area (Å²) in [6.07, 6.45) is -4.77. The maximum atomic E-state index is 13.0. The van der Waals surface area contributed by atoms with Gasteiger partial charge in [-0.2, -0.15) is 13.2 Å². The van der Waals surface area contributed by atoms with E-state index in [2.05, 4.69) is 4.72 Å². The molecule has 8 nitrogen and oxygen atoms in total. The third-order valence-corrected chi connectivity index (χ3v) is 7.71. The van der Waals surface area contributed by atoms with Crippen LogP contribution in [0.15, 0.2) is 70.5 Å². The van der Waals surface area contributed by atoms with Gasteiger partial charge in [-0.25, -0.2) is 16.8 Å². The van der Waals surface area contributed by atoms with Gasteiger partial charge in [0.05, 0.1) is 34.6 Å². The van der Waals surface area contributed by atoms with E-state index in [1.807, 2.05) is 4.72 Å². The average Bonchev–Trinajstić information content (AvgIpc) is 2.79. The number of alkyl halides is 3. The van der Waals surface area contributed by atoms with E-state index in [4.69, 9.17) is 21.1 Å². The number of hydrogen-bond donors (Lipinski definition) is 2. The van der Waals surface area contributed by atoms with Crippen LogP contribution < -0.4 is 18.9 Å². The van der Waals surface area contributed by atoms with Crippen molar-refractivity contribution in [1.82, 2.24) is 0 Å². The minimum Gasteiger partial charge on any atom is -0.493 e. The zero-order valence-corrected chi connectivity index (χ0v) is 20.4. The van der Waals surface area contributed by atoms with E-state index in [9.17, 15) is 30.0 Å². The fourth-order valence-corrected chi connectivity index (χ4v) is 5.27. The zero-order chi connectivity index (χ0) is 26.0. The standard InChI is InChI=1S/C21H18ClF3N2O6S2/c1-32-19-10-8-16(12-20(19)33-2)35(30,31)26-13-3-6-15(7-4-13)34(28,29)27-14-5-9-18(22)17(11-14)21(23,24)25/h3-12,26-27H,1-2H3. The molecule has 0 bridgehead atoms. The first-order chi connectivity index (χ1) is 16.3. The fraction of sp³-hybridized carbons (Fsp3) is 0.143. The number of sulfonamides is 2. The molecule has 2 N–H and O–H groups in total. The summed E-state index contributed by atoms with van der Waals surface area (Å²) >= 11 is 5.55. The van der Waals surface area contributed by atoms with E-state index in [0.29, 0.717) is 11.8 Å². The van der Waals surface area contributed by atoms with Gasteiger partial charge in [-0.05, 0) is 54.6 Å². The van der Waals surface area contributed by atoms with Gasteiger partial charge in [0, 0.05) is 17.4 Å². The van der Waals surface area contributed by atoms with Gasteiger partial charge in [0.2, 0.25) is 0 Å². The van der Waals surface area contributed by atoms with Gasteiger partial charge in [-0.15, -0.1) is 0 Å². The van der Waals surface area contributed by atoms with Crippen molar-refractivity contribution in [3.8, 4) is 11.5 Å². The molecule has 14 heteroatoms. The Hall–Kier alpha value is -3.16. The van der Waals surface area contributed by atoms with Crippen molar-refractivity contribution < 1.29 is 39.5 Å². The Labute approximate surface area is 204 Å². The van der Waals surface area contributed by atoms with Gasteiger partial charge in [0.25, 0.3) is 20.0 Å². The van der Waals surface area contributed by atoms with Gasteiger partial charge in [0.1, 0.15) is 0 Å². The quantitative estimate of drug-likeness (QED) is 0.409. The Bertz CT molecular complexity index is 1440. The summed E-state index contributed by atoms with van der Waals surface area (Å²) in [6.45, 7) is 0. The highest BCUT2D eigenvalue weighted by molar-refractivity contribution is 7.93. The van der Waals surface area contributed by atoms with Crippen LogP contribution in [0.5, 0.6) is 11.5 Å². The highest BCUT2D eigenvalue weighted by atomic mass is 35.5. The summed E-state index contributed by atoms with van der Waals surface area (Å²) in [5.41, 5.74) is -1.50. The molecule has 0 fully saturated rings. The van der Waals surface area contributed by atoms with E-state index in [-0.39, 0.29) is 26.9 Å². The molecular formula is C21H18ClF3N2O6S2. The number of methoxy groups -OCH3 is 2. The largest absolute Gasteiger partial charge is 0.493 e. The SMILES string of the molecule is COc1ccc(S(=O)(=O)Nc2ccc(S(=O)(=O)Nc3ccc(Cl)c(C(F)(F)F)c3)cc2)cc1OC. The number of halogens is 4. The van der Waals surface area contributed by atoms with Gasteiger partial charge in [-0.3, -0.25) is 9.44 Å². The molecule has 0 aliphatic heterocycles. The molecule has 188 valence electrons. The van der Waals surface area contributed by atoms with Crippen LogP contribution in [-0.4, -0.2) is 31.1 Å². The summed E-state index contributed by atoms with van der Waals surface area (Å²) in [5, 5.41) is -0.577.